The molecule has 0 aliphatic heterocycles. The van der Waals surface area contributed by atoms with E-state index in [1.165, 1.54) is 17.0 Å². The monoisotopic (exact) mass is 360 g/mol. The van der Waals surface area contributed by atoms with E-state index >= 15 is 0 Å². The molecule has 26 heavy (non-hydrogen) atoms. The number of aromatic nitrogens is 5. The predicted molar refractivity (Wildman–Crippen MR) is 88.9 cm³/mol. The van der Waals surface area contributed by atoms with Crippen LogP contribution < -0.4 is 0 Å². The van der Waals surface area contributed by atoms with Crippen LogP contribution in [0.15, 0.2) is 24.4 Å². The summed E-state index contributed by atoms with van der Waals surface area (Å²) in [6.07, 6.45) is 1.01. The Morgan fingerprint density at radius 3 is 2.73 bits per heavy atom. The van der Waals surface area contributed by atoms with E-state index in [4.69, 9.17) is 0 Å². The van der Waals surface area contributed by atoms with E-state index in [0.29, 0.717) is 12.2 Å². The predicted octanol–water partition coefficient (Wildman–Crippen LogP) is 2.55. The van der Waals surface area contributed by atoms with Crippen LogP contribution in [0.5, 0.6) is 0 Å². The zero-order valence-corrected chi connectivity index (χ0v) is 14.4. The molecule has 0 saturated heterocycles. The molecule has 0 radical (unpaired) electrons. The van der Waals surface area contributed by atoms with Gasteiger partial charge in [0.25, 0.3) is 12.3 Å². The minimum absolute atomic E-state index is 0.0887. The number of halogens is 2. The lowest BCUT2D eigenvalue weighted by molar-refractivity contribution is 0.0776. The highest BCUT2D eigenvalue weighted by Gasteiger charge is 2.28. The van der Waals surface area contributed by atoms with E-state index in [2.05, 4.69) is 15.2 Å². The van der Waals surface area contributed by atoms with Crippen molar-refractivity contribution < 1.29 is 13.6 Å². The van der Waals surface area contributed by atoms with Crippen LogP contribution in [-0.2, 0) is 13.6 Å². The lowest BCUT2D eigenvalue weighted by atomic mass is 10.2. The van der Waals surface area contributed by atoms with Gasteiger partial charge in [0.2, 0.25) is 0 Å². The van der Waals surface area contributed by atoms with Gasteiger partial charge in [-0.05, 0) is 25.0 Å². The van der Waals surface area contributed by atoms with E-state index in [9.17, 15) is 13.6 Å². The summed E-state index contributed by atoms with van der Waals surface area (Å²) < 4.78 is 29.6. The summed E-state index contributed by atoms with van der Waals surface area (Å²) in [6, 6.07) is 4.68. The normalized spacial score (nSPS) is 14.3. The van der Waals surface area contributed by atoms with Gasteiger partial charge < -0.3 is 4.90 Å². The first-order valence-corrected chi connectivity index (χ1v) is 8.35. The third-order valence-electron chi connectivity index (χ3n) is 4.43. The summed E-state index contributed by atoms with van der Waals surface area (Å²) in [5.41, 5.74) is 1.51. The summed E-state index contributed by atoms with van der Waals surface area (Å²) in [5, 5.41) is 8.31. The van der Waals surface area contributed by atoms with Crippen molar-refractivity contribution in [3.63, 3.8) is 0 Å². The number of hydrogen-bond acceptors (Lipinski definition) is 4. The summed E-state index contributed by atoms with van der Waals surface area (Å²) in [7, 11) is 3.42. The average Bonchev–Trinajstić information content (AvgIpc) is 3.24. The average molecular weight is 360 g/mol. The second-order valence-corrected chi connectivity index (χ2v) is 6.62. The minimum Gasteiger partial charge on any atom is -0.334 e. The van der Waals surface area contributed by atoms with Gasteiger partial charge in [-0.25, -0.2) is 18.3 Å². The number of carbonyl (C=O) groups is 1. The fourth-order valence-electron chi connectivity index (χ4n) is 2.92. The van der Waals surface area contributed by atoms with Gasteiger partial charge in [0.15, 0.2) is 11.3 Å². The molecule has 1 aliphatic carbocycles. The SMILES string of the molecule is CN(Cc1ccn(C)n1)C(=O)c1cc2nc(C3CC3)cc(C(F)F)n2n1. The molecule has 7 nitrogen and oxygen atoms in total. The maximum atomic E-state index is 13.4. The molecular weight excluding hydrogens is 342 g/mol. The highest BCUT2D eigenvalue weighted by atomic mass is 19.3. The van der Waals surface area contributed by atoms with Crippen molar-refractivity contribution in [2.24, 2.45) is 7.05 Å². The molecule has 3 heterocycles. The molecule has 1 saturated carbocycles. The Hall–Kier alpha value is -2.84. The van der Waals surface area contributed by atoms with Crippen LogP contribution in [0.4, 0.5) is 8.78 Å². The number of carbonyl (C=O) groups excluding carboxylic acids is 1. The van der Waals surface area contributed by atoms with Gasteiger partial charge in [-0.15, -0.1) is 0 Å². The van der Waals surface area contributed by atoms with Crippen molar-refractivity contribution in [3.05, 3.63) is 47.2 Å². The van der Waals surface area contributed by atoms with Crippen molar-refractivity contribution in [3.8, 4) is 0 Å². The van der Waals surface area contributed by atoms with Crippen molar-refractivity contribution in [1.29, 1.82) is 0 Å². The van der Waals surface area contributed by atoms with Crippen molar-refractivity contribution in [1.82, 2.24) is 29.3 Å². The van der Waals surface area contributed by atoms with E-state index in [1.807, 2.05) is 6.07 Å². The first-order chi connectivity index (χ1) is 12.4. The van der Waals surface area contributed by atoms with E-state index < -0.39 is 6.43 Å². The summed E-state index contributed by atoms with van der Waals surface area (Å²) >= 11 is 0. The molecule has 9 heteroatoms. The molecule has 3 aromatic rings. The Balaban J connectivity index is 1.65. The second kappa shape index (κ2) is 6.15. The number of rotatable bonds is 5. The zero-order valence-electron chi connectivity index (χ0n) is 14.4. The van der Waals surface area contributed by atoms with Crippen LogP contribution in [0.3, 0.4) is 0 Å². The topological polar surface area (TPSA) is 68.3 Å². The molecule has 1 amide bonds. The van der Waals surface area contributed by atoms with Gasteiger partial charge in [-0.3, -0.25) is 9.48 Å². The quantitative estimate of drug-likeness (QED) is 0.701. The first-order valence-electron chi connectivity index (χ1n) is 8.35. The van der Waals surface area contributed by atoms with Crippen molar-refractivity contribution in [2.45, 2.75) is 31.7 Å². The van der Waals surface area contributed by atoms with Gasteiger partial charge in [-0.1, -0.05) is 0 Å². The summed E-state index contributed by atoms with van der Waals surface area (Å²) in [6.45, 7) is 0.302. The molecule has 0 aromatic carbocycles. The lowest BCUT2D eigenvalue weighted by Crippen LogP contribution is -2.27. The summed E-state index contributed by atoms with van der Waals surface area (Å²) in [4.78, 5) is 18.5. The van der Waals surface area contributed by atoms with E-state index in [0.717, 1.165) is 23.1 Å². The van der Waals surface area contributed by atoms with E-state index in [-0.39, 0.29) is 28.9 Å². The Bertz CT molecular complexity index is 975. The molecule has 136 valence electrons. The van der Waals surface area contributed by atoms with Crippen LogP contribution in [0.2, 0.25) is 0 Å². The lowest BCUT2D eigenvalue weighted by Gasteiger charge is -2.13. The van der Waals surface area contributed by atoms with Gasteiger partial charge in [-0.2, -0.15) is 10.2 Å². The van der Waals surface area contributed by atoms with Gasteiger partial charge >= 0.3 is 0 Å². The number of fused-ring (bicyclic) bond motifs is 1. The highest BCUT2D eigenvalue weighted by molar-refractivity contribution is 5.93. The molecule has 0 bridgehead atoms. The maximum Gasteiger partial charge on any atom is 0.280 e. The molecule has 1 aliphatic rings. The molecule has 0 atom stereocenters. The fourth-order valence-corrected chi connectivity index (χ4v) is 2.92. The van der Waals surface area contributed by atoms with Crippen LogP contribution in [0, 0.1) is 0 Å². The fraction of sp³-hybridized carbons (Fsp3) is 0.412. The second-order valence-electron chi connectivity index (χ2n) is 6.62. The van der Waals surface area contributed by atoms with Crippen molar-refractivity contribution in [2.75, 3.05) is 7.05 Å². The first kappa shape index (κ1) is 16.6. The standard InChI is InChI=1S/C17H18F2N6O/c1-23(9-11-5-6-24(2)21-11)17(26)13-8-15-20-12(10-3-4-10)7-14(16(18)19)25(15)22-13/h5-8,10,16H,3-4,9H2,1-2H3. The zero-order chi connectivity index (χ0) is 18.4. The molecule has 0 N–H and O–H groups in total. The number of amides is 1. The van der Waals surface area contributed by atoms with Crippen LogP contribution in [0.1, 0.15) is 52.8 Å². The largest absolute Gasteiger partial charge is 0.334 e. The number of hydrogen-bond donors (Lipinski definition) is 0. The third-order valence-corrected chi connectivity index (χ3v) is 4.43. The minimum atomic E-state index is -2.69. The highest BCUT2D eigenvalue weighted by Crippen LogP contribution is 2.40. The number of alkyl halides is 2. The maximum absolute atomic E-state index is 13.4. The molecular formula is C17H18F2N6O. The van der Waals surface area contributed by atoms with Crippen LogP contribution in [-0.4, -0.2) is 42.2 Å². The number of aryl methyl sites for hydroxylation is 1. The molecule has 0 unspecified atom stereocenters. The van der Waals surface area contributed by atoms with Crippen LogP contribution in [0.25, 0.3) is 5.65 Å². The molecule has 0 spiro atoms. The van der Waals surface area contributed by atoms with Crippen molar-refractivity contribution >= 4 is 11.6 Å². The summed E-state index contributed by atoms with van der Waals surface area (Å²) in [5.74, 6) is -0.132. The van der Waals surface area contributed by atoms with Crippen LogP contribution >= 0.6 is 0 Å². The number of nitrogens with zero attached hydrogens (tertiary/aromatic N) is 6. The Morgan fingerprint density at radius 2 is 2.12 bits per heavy atom. The molecule has 4 rings (SSSR count). The molecule has 1 fully saturated rings. The molecule has 3 aromatic heterocycles. The third kappa shape index (κ3) is 3.04. The van der Waals surface area contributed by atoms with Gasteiger partial charge in [0.05, 0.1) is 12.2 Å². The van der Waals surface area contributed by atoms with Gasteiger partial charge in [0.1, 0.15) is 5.69 Å². The smallest absolute Gasteiger partial charge is 0.280 e. The Labute approximate surface area is 148 Å². The van der Waals surface area contributed by atoms with Gasteiger partial charge in [0, 0.05) is 38.0 Å². The van der Waals surface area contributed by atoms with E-state index in [1.54, 1.807) is 25.0 Å². The Kier molecular flexibility index (Phi) is 3.93. The Morgan fingerprint density at radius 1 is 1.35 bits per heavy atom.